The lowest BCUT2D eigenvalue weighted by Crippen LogP contribution is -2.34. The molecule has 0 aliphatic carbocycles. The molecule has 0 spiro atoms. The first-order chi connectivity index (χ1) is 7.18. The molecule has 5 nitrogen and oxygen atoms in total. The maximum Gasteiger partial charge on any atom is 0.259 e. The number of pyridine rings is 1. The number of aromatic amines is 1. The highest BCUT2D eigenvalue weighted by molar-refractivity contribution is 5.94. The van der Waals surface area contributed by atoms with Gasteiger partial charge in [0.25, 0.3) is 5.91 Å². The van der Waals surface area contributed by atoms with Gasteiger partial charge in [-0.2, -0.15) is 0 Å². The number of carbonyl (C=O) groups excluding carboxylic acids is 1. The van der Waals surface area contributed by atoms with Crippen molar-refractivity contribution in [2.45, 2.75) is 12.5 Å². The molecular formula is C10H13N3O2. The fraction of sp³-hybridized carbons (Fsp3) is 0.400. The van der Waals surface area contributed by atoms with Crippen LogP contribution in [0.25, 0.3) is 0 Å². The zero-order valence-electron chi connectivity index (χ0n) is 8.27. The van der Waals surface area contributed by atoms with E-state index in [4.69, 9.17) is 5.73 Å². The number of aromatic nitrogens is 1. The minimum absolute atomic E-state index is 0.0387. The van der Waals surface area contributed by atoms with Crippen molar-refractivity contribution >= 4 is 5.91 Å². The number of nitrogens with two attached hydrogens (primary N) is 1. The molecule has 1 saturated heterocycles. The Labute approximate surface area is 86.9 Å². The Morgan fingerprint density at radius 3 is 3.00 bits per heavy atom. The van der Waals surface area contributed by atoms with Crippen molar-refractivity contribution in [2.75, 3.05) is 13.1 Å². The molecule has 0 radical (unpaired) electrons. The number of amides is 1. The predicted octanol–water partition coefficient (Wildman–Crippen LogP) is -0.452. The standard InChI is InChI=1S/C10H13N3O2/c11-7-2-4-13(6-7)10(15)8-5-12-3-1-9(8)14/h1,3,5,7H,2,4,6,11H2,(H,12,14)/t7-/m1/s1. The van der Waals surface area contributed by atoms with E-state index in [1.165, 1.54) is 18.5 Å². The summed E-state index contributed by atoms with van der Waals surface area (Å²) in [7, 11) is 0. The number of nitrogens with one attached hydrogen (secondary N) is 1. The average Bonchev–Trinajstić information content (AvgIpc) is 2.65. The largest absolute Gasteiger partial charge is 0.367 e. The molecule has 1 aliphatic rings. The van der Waals surface area contributed by atoms with Crippen LogP contribution in [0.1, 0.15) is 16.8 Å². The van der Waals surface area contributed by atoms with Crippen molar-refractivity contribution in [3.63, 3.8) is 0 Å². The van der Waals surface area contributed by atoms with Crippen LogP contribution in [-0.4, -0.2) is 34.9 Å². The third kappa shape index (κ3) is 1.92. The van der Waals surface area contributed by atoms with Gasteiger partial charge in [0.15, 0.2) is 5.43 Å². The van der Waals surface area contributed by atoms with Gasteiger partial charge in [-0.05, 0) is 6.42 Å². The van der Waals surface area contributed by atoms with Gasteiger partial charge in [0.2, 0.25) is 0 Å². The van der Waals surface area contributed by atoms with Gasteiger partial charge < -0.3 is 15.6 Å². The Morgan fingerprint density at radius 1 is 1.60 bits per heavy atom. The molecule has 1 aromatic heterocycles. The molecule has 0 bridgehead atoms. The average molecular weight is 207 g/mol. The van der Waals surface area contributed by atoms with E-state index in [1.54, 1.807) is 4.90 Å². The van der Waals surface area contributed by atoms with Gasteiger partial charge in [0, 0.05) is 37.6 Å². The molecule has 0 unspecified atom stereocenters. The van der Waals surface area contributed by atoms with Crippen LogP contribution in [0.15, 0.2) is 23.3 Å². The van der Waals surface area contributed by atoms with Crippen LogP contribution in [0.4, 0.5) is 0 Å². The smallest absolute Gasteiger partial charge is 0.259 e. The Morgan fingerprint density at radius 2 is 2.40 bits per heavy atom. The summed E-state index contributed by atoms with van der Waals surface area (Å²) in [5.41, 5.74) is 5.64. The third-order valence-electron chi connectivity index (χ3n) is 2.57. The summed E-state index contributed by atoms with van der Waals surface area (Å²) in [6.45, 7) is 1.17. The molecule has 80 valence electrons. The van der Waals surface area contributed by atoms with Crippen molar-refractivity contribution < 1.29 is 4.79 Å². The molecule has 5 heteroatoms. The fourth-order valence-corrected chi connectivity index (χ4v) is 1.73. The normalized spacial score (nSPS) is 20.6. The van der Waals surface area contributed by atoms with Gasteiger partial charge in [-0.3, -0.25) is 9.59 Å². The second-order valence-electron chi connectivity index (χ2n) is 3.72. The quantitative estimate of drug-likeness (QED) is 0.654. The minimum Gasteiger partial charge on any atom is -0.367 e. The van der Waals surface area contributed by atoms with Crippen molar-refractivity contribution in [1.29, 1.82) is 0 Å². The lowest BCUT2D eigenvalue weighted by Gasteiger charge is -2.14. The van der Waals surface area contributed by atoms with Gasteiger partial charge >= 0.3 is 0 Å². The van der Waals surface area contributed by atoms with E-state index in [2.05, 4.69) is 4.98 Å². The van der Waals surface area contributed by atoms with Gasteiger partial charge in [-0.25, -0.2) is 0 Å². The molecular weight excluding hydrogens is 194 g/mol. The molecule has 3 N–H and O–H groups in total. The predicted molar refractivity (Wildman–Crippen MR) is 55.6 cm³/mol. The molecule has 15 heavy (non-hydrogen) atoms. The molecule has 2 rings (SSSR count). The van der Waals surface area contributed by atoms with Crippen molar-refractivity contribution in [1.82, 2.24) is 9.88 Å². The zero-order chi connectivity index (χ0) is 10.8. The van der Waals surface area contributed by atoms with Crippen molar-refractivity contribution in [3.8, 4) is 0 Å². The first-order valence-corrected chi connectivity index (χ1v) is 4.90. The number of hydrogen-bond acceptors (Lipinski definition) is 3. The number of carbonyl (C=O) groups is 1. The van der Waals surface area contributed by atoms with Crippen LogP contribution in [0.3, 0.4) is 0 Å². The molecule has 1 amide bonds. The van der Waals surface area contributed by atoms with Crippen LogP contribution in [0.5, 0.6) is 0 Å². The van der Waals surface area contributed by atoms with Crippen LogP contribution in [-0.2, 0) is 0 Å². The van der Waals surface area contributed by atoms with Crippen molar-refractivity contribution in [2.24, 2.45) is 5.73 Å². The van der Waals surface area contributed by atoms with Crippen LogP contribution >= 0.6 is 0 Å². The third-order valence-corrected chi connectivity index (χ3v) is 2.57. The fourth-order valence-electron chi connectivity index (χ4n) is 1.73. The lowest BCUT2D eigenvalue weighted by atomic mass is 10.2. The molecule has 1 fully saturated rings. The Bertz CT molecular complexity index is 427. The van der Waals surface area contributed by atoms with Crippen LogP contribution in [0.2, 0.25) is 0 Å². The number of nitrogens with zero attached hydrogens (tertiary/aromatic N) is 1. The highest BCUT2D eigenvalue weighted by atomic mass is 16.2. The molecule has 1 aliphatic heterocycles. The number of rotatable bonds is 1. The Hall–Kier alpha value is -1.62. The van der Waals surface area contributed by atoms with E-state index < -0.39 is 0 Å². The summed E-state index contributed by atoms with van der Waals surface area (Å²) >= 11 is 0. The number of H-pyrrole nitrogens is 1. The summed E-state index contributed by atoms with van der Waals surface area (Å²) in [6, 6.07) is 1.39. The minimum atomic E-state index is -0.251. The summed E-state index contributed by atoms with van der Waals surface area (Å²) in [5, 5.41) is 0. The van der Waals surface area contributed by atoms with Crippen LogP contribution < -0.4 is 11.2 Å². The molecule has 0 aromatic carbocycles. The van der Waals surface area contributed by atoms with Crippen LogP contribution in [0, 0.1) is 0 Å². The molecule has 1 aromatic rings. The highest BCUT2D eigenvalue weighted by Gasteiger charge is 2.25. The van der Waals surface area contributed by atoms with Gasteiger partial charge in [-0.15, -0.1) is 0 Å². The second kappa shape index (κ2) is 3.86. The number of likely N-dealkylation sites (tertiary alicyclic amines) is 1. The van der Waals surface area contributed by atoms with Gasteiger partial charge in [0.05, 0.1) is 0 Å². The second-order valence-corrected chi connectivity index (χ2v) is 3.72. The molecule has 2 heterocycles. The van der Waals surface area contributed by atoms with E-state index in [1.807, 2.05) is 0 Å². The summed E-state index contributed by atoms with van der Waals surface area (Å²) in [5.74, 6) is -0.232. The zero-order valence-corrected chi connectivity index (χ0v) is 8.27. The monoisotopic (exact) mass is 207 g/mol. The topological polar surface area (TPSA) is 79.2 Å². The SMILES string of the molecule is N[C@@H]1CCN(C(=O)c2c[nH]ccc2=O)C1. The first-order valence-electron chi connectivity index (χ1n) is 4.90. The summed E-state index contributed by atoms with van der Waals surface area (Å²) < 4.78 is 0. The van der Waals surface area contributed by atoms with Gasteiger partial charge in [-0.1, -0.05) is 0 Å². The van der Waals surface area contributed by atoms with E-state index >= 15 is 0 Å². The van der Waals surface area contributed by atoms with E-state index in [0.717, 1.165) is 6.42 Å². The maximum absolute atomic E-state index is 11.9. The molecule has 0 saturated carbocycles. The van der Waals surface area contributed by atoms with Gasteiger partial charge in [0.1, 0.15) is 5.56 Å². The van der Waals surface area contributed by atoms with E-state index in [9.17, 15) is 9.59 Å². The lowest BCUT2D eigenvalue weighted by molar-refractivity contribution is 0.0789. The summed E-state index contributed by atoms with van der Waals surface area (Å²) in [4.78, 5) is 27.6. The number of hydrogen-bond donors (Lipinski definition) is 2. The first kappa shape index (κ1) is 9.92. The highest BCUT2D eigenvalue weighted by Crippen LogP contribution is 2.09. The Balaban J connectivity index is 2.22. The maximum atomic E-state index is 11.9. The van der Waals surface area contributed by atoms with E-state index in [-0.39, 0.29) is 22.9 Å². The van der Waals surface area contributed by atoms with E-state index in [0.29, 0.717) is 13.1 Å². The summed E-state index contributed by atoms with van der Waals surface area (Å²) in [6.07, 6.45) is 3.75. The molecule has 1 atom stereocenters. The van der Waals surface area contributed by atoms with Crippen molar-refractivity contribution in [3.05, 3.63) is 34.2 Å². The Kier molecular flexibility index (Phi) is 2.55.